The highest BCUT2D eigenvalue weighted by molar-refractivity contribution is 9.10. The number of rotatable bonds is 4. The van der Waals surface area contributed by atoms with Gasteiger partial charge in [0, 0.05) is 46.0 Å². The van der Waals surface area contributed by atoms with Crippen molar-refractivity contribution in [1.29, 1.82) is 0 Å². The molecule has 25 heavy (non-hydrogen) atoms. The van der Waals surface area contributed by atoms with Gasteiger partial charge in [0.1, 0.15) is 8.68 Å². The standard InChI is InChI=1S/C17H18BrN3O2S2/c18-13-4-2-5-15(10-13)20-17(22)12-3-1-6-16(9-12)25(23,24)21-8-7-14(19)11-21/h1-6,9-10,14H,7-8,11,19H2,(H,20,22). The number of carbonyl (C=O) groups excluding carboxylic acids is 1. The minimum absolute atomic E-state index is 0.00761. The number of hydrogen-bond donors (Lipinski definition) is 2. The number of amides is 1. The minimum atomic E-state index is -2.81. The van der Waals surface area contributed by atoms with Crippen molar-refractivity contribution >= 4 is 47.4 Å². The zero-order valence-corrected chi connectivity index (χ0v) is 16.6. The van der Waals surface area contributed by atoms with Gasteiger partial charge >= 0.3 is 0 Å². The average Bonchev–Trinajstić information content (AvgIpc) is 3.02. The van der Waals surface area contributed by atoms with Gasteiger partial charge in [0.2, 0.25) is 0 Å². The number of hydrogen-bond acceptors (Lipinski definition) is 4. The number of carbonyl (C=O) groups is 1. The van der Waals surface area contributed by atoms with Crippen LogP contribution in [-0.2, 0) is 19.9 Å². The Morgan fingerprint density at radius 2 is 2.04 bits per heavy atom. The molecule has 132 valence electrons. The van der Waals surface area contributed by atoms with Gasteiger partial charge in [0.05, 0.1) is 4.90 Å². The number of halogens is 1. The van der Waals surface area contributed by atoms with Crippen LogP contribution in [0.5, 0.6) is 0 Å². The van der Waals surface area contributed by atoms with Crippen molar-refractivity contribution in [3.63, 3.8) is 0 Å². The highest BCUT2D eigenvalue weighted by Gasteiger charge is 2.28. The Morgan fingerprint density at radius 1 is 1.28 bits per heavy atom. The molecule has 0 radical (unpaired) electrons. The summed E-state index contributed by atoms with van der Waals surface area (Å²) in [5.41, 5.74) is 6.99. The van der Waals surface area contributed by atoms with E-state index in [0.717, 1.165) is 10.9 Å². The maximum atomic E-state index is 13.1. The highest BCUT2D eigenvalue weighted by atomic mass is 79.9. The lowest BCUT2D eigenvalue weighted by Gasteiger charge is -2.19. The third-order valence-electron chi connectivity index (χ3n) is 4.00. The van der Waals surface area contributed by atoms with E-state index in [1.807, 2.05) is 18.2 Å². The lowest BCUT2D eigenvalue weighted by atomic mass is 10.2. The van der Waals surface area contributed by atoms with Gasteiger partial charge in [-0.15, -0.1) is 0 Å². The molecule has 1 saturated heterocycles. The van der Waals surface area contributed by atoms with Gasteiger partial charge in [0.15, 0.2) is 0 Å². The van der Waals surface area contributed by atoms with Crippen molar-refractivity contribution in [2.75, 3.05) is 18.4 Å². The molecule has 8 heteroatoms. The first-order valence-electron chi connectivity index (χ1n) is 7.79. The molecule has 0 aromatic heterocycles. The third-order valence-corrected chi connectivity index (χ3v) is 7.57. The van der Waals surface area contributed by atoms with Gasteiger partial charge in [-0.1, -0.05) is 28.1 Å². The van der Waals surface area contributed by atoms with Crippen LogP contribution in [0.15, 0.2) is 57.9 Å². The molecule has 3 rings (SSSR count). The predicted molar refractivity (Wildman–Crippen MR) is 106 cm³/mol. The van der Waals surface area contributed by atoms with Crippen LogP contribution < -0.4 is 11.1 Å². The molecule has 0 bridgehead atoms. The summed E-state index contributed by atoms with van der Waals surface area (Å²) in [7, 11) is -2.81. The van der Waals surface area contributed by atoms with E-state index in [0.29, 0.717) is 29.2 Å². The molecule has 0 spiro atoms. The third kappa shape index (κ3) is 4.27. The normalized spacial score (nSPS) is 20.2. The molecule has 2 unspecified atom stereocenters. The molecule has 1 amide bonds. The second-order valence-electron chi connectivity index (χ2n) is 5.90. The average molecular weight is 440 g/mol. The van der Waals surface area contributed by atoms with Gasteiger partial charge in [-0.2, -0.15) is 0 Å². The second kappa shape index (κ2) is 7.51. The quantitative estimate of drug-likeness (QED) is 0.767. The van der Waals surface area contributed by atoms with Crippen molar-refractivity contribution in [2.45, 2.75) is 17.4 Å². The van der Waals surface area contributed by atoms with E-state index in [1.165, 1.54) is 0 Å². The number of benzene rings is 2. The first kappa shape index (κ1) is 18.5. The van der Waals surface area contributed by atoms with Gasteiger partial charge in [-0.05, 0) is 42.8 Å². The van der Waals surface area contributed by atoms with Crippen molar-refractivity contribution in [2.24, 2.45) is 5.73 Å². The Morgan fingerprint density at radius 3 is 2.72 bits per heavy atom. The lowest BCUT2D eigenvalue weighted by molar-refractivity contribution is 0.102. The summed E-state index contributed by atoms with van der Waals surface area (Å²) in [4.78, 5) is 13.0. The summed E-state index contributed by atoms with van der Waals surface area (Å²) in [6, 6.07) is 14.0. The molecule has 1 aliphatic heterocycles. The maximum Gasteiger partial charge on any atom is 0.255 e. The summed E-state index contributed by atoms with van der Waals surface area (Å²) < 4.78 is 15.7. The lowest BCUT2D eigenvalue weighted by Crippen LogP contribution is -2.31. The Balaban J connectivity index is 1.82. The van der Waals surface area contributed by atoms with Crippen LogP contribution in [0.2, 0.25) is 0 Å². The molecule has 2 atom stereocenters. The van der Waals surface area contributed by atoms with E-state index >= 15 is 0 Å². The molecule has 2 aromatic carbocycles. The zero-order chi connectivity index (χ0) is 18.0. The molecule has 0 saturated carbocycles. The van der Waals surface area contributed by atoms with Crippen molar-refractivity contribution in [3.8, 4) is 0 Å². The fourth-order valence-electron chi connectivity index (χ4n) is 2.69. The van der Waals surface area contributed by atoms with Crippen molar-refractivity contribution in [1.82, 2.24) is 4.31 Å². The van der Waals surface area contributed by atoms with Crippen LogP contribution in [0, 0.1) is 0 Å². The van der Waals surface area contributed by atoms with Crippen molar-refractivity contribution < 1.29 is 9.00 Å². The van der Waals surface area contributed by atoms with Crippen LogP contribution in [0.25, 0.3) is 0 Å². The van der Waals surface area contributed by atoms with E-state index in [2.05, 4.69) is 21.2 Å². The smallest absolute Gasteiger partial charge is 0.255 e. The SMILES string of the molecule is NC1CCN(S(=O)(=S)c2cccc(C(=O)Nc3cccc(Br)c3)c2)C1. The van der Waals surface area contributed by atoms with Gasteiger partial charge < -0.3 is 11.1 Å². The molecule has 1 aliphatic rings. The summed E-state index contributed by atoms with van der Waals surface area (Å²) in [6.07, 6.45) is 0.774. The predicted octanol–water partition coefficient (Wildman–Crippen LogP) is 2.75. The Bertz CT molecular complexity index is 902. The topological polar surface area (TPSA) is 75.4 Å². The second-order valence-corrected chi connectivity index (χ2v) is 10.1. The van der Waals surface area contributed by atoms with E-state index in [9.17, 15) is 9.00 Å². The summed E-state index contributed by atoms with van der Waals surface area (Å²) in [6.45, 7) is 1.12. The monoisotopic (exact) mass is 439 g/mol. The first-order chi connectivity index (χ1) is 11.9. The zero-order valence-electron chi connectivity index (χ0n) is 13.4. The van der Waals surface area contributed by atoms with Gasteiger partial charge in [-0.3, -0.25) is 4.79 Å². The number of nitrogens with one attached hydrogen (secondary N) is 1. The largest absolute Gasteiger partial charge is 0.326 e. The number of anilines is 1. The summed E-state index contributed by atoms with van der Waals surface area (Å²) in [5.74, 6) is -0.275. The van der Waals surface area contributed by atoms with Crippen LogP contribution in [0.1, 0.15) is 16.8 Å². The molecular formula is C17H18BrN3O2S2. The minimum Gasteiger partial charge on any atom is -0.326 e. The molecule has 1 heterocycles. The van der Waals surface area contributed by atoms with E-state index in [-0.39, 0.29) is 11.9 Å². The Hall–Kier alpha value is -1.32. The van der Waals surface area contributed by atoms with Crippen LogP contribution in [0.4, 0.5) is 5.69 Å². The summed E-state index contributed by atoms with van der Waals surface area (Å²) >= 11 is 8.75. The number of nitrogens with zero attached hydrogens (tertiary/aromatic N) is 1. The van der Waals surface area contributed by atoms with E-state index in [4.69, 9.17) is 16.9 Å². The van der Waals surface area contributed by atoms with Crippen molar-refractivity contribution in [3.05, 3.63) is 58.6 Å². The molecule has 5 nitrogen and oxygen atoms in total. The number of nitrogens with two attached hydrogens (primary N) is 1. The van der Waals surface area contributed by atoms with Crippen LogP contribution in [-0.4, -0.2) is 33.6 Å². The molecule has 2 aromatic rings. The van der Waals surface area contributed by atoms with E-state index in [1.54, 1.807) is 34.6 Å². The van der Waals surface area contributed by atoms with Crippen LogP contribution in [0.3, 0.4) is 0 Å². The van der Waals surface area contributed by atoms with Crippen LogP contribution >= 0.6 is 15.9 Å². The fraction of sp³-hybridized carbons (Fsp3) is 0.235. The first-order valence-corrected chi connectivity index (χ1v) is 11.0. The molecular weight excluding hydrogens is 422 g/mol. The van der Waals surface area contributed by atoms with Gasteiger partial charge in [0.25, 0.3) is 5.91 Å². The van der Waals surface area contributed by atoms with E-state index < -0.39 is 8.68 Å². The maximum absolute atomic E-state index is 13.1. The van der Waals surface area contributed by atoms with Gasteiger partial charge in [-0.25, -0.2) is 8.51 Å². The Kier molecular flexibility index (Phi) is 5.55. The molecule has 1 fully saturated rings. The highest BCUT2D eigenvalue weighted by Crippen LogP contribution is 2.22. The Labute approximate surface area is 160 Å². The fourth-order valence-corrected chi connectivity index (χ4v) is 5.36. The summed E-state index contributed by atoms with van der Waals surface area (Å²) in [5, 5.41) is 2.82. The molecule has 0 aliphatic carbocycles. The molecule has 3 N–H and O–H groups in total.